The maximum absolute atomic E-state index is 13.1. The van der Waals surface area contributed by atoms with Gasteiger partial charge in [0.15, 0.2) is 0 Å². The fourth-order valence-corrected chi connectivity index (χ4v) is 2.38. The number of rotatable bonds is 3. The van der Waals surface area contributed by atoms with E-state index in [1.807, 2.05) is 4.90 Å². The normalized spacial score (nSPS) is 15.7. The molecule has 0 unspecified atom stereocenters. The van der Waals surface area contributed by atoms with Crippen LogP contribution in [0.2, 0.25) is 0 Å². The van der Waals surface area contributed by atoms with Crippen molar-refractivity contribution in [2.24, 2.45) is 0 Å². The summed E-state index contributed by atoms with van der Waals surface area (Å²) in [5, 5.41) is 0. The maximum atomic E-state index is 13.1. The minimum atomic E-state index is -0.580. The molecule has 6 heteroatoms. The first kappa shape index (κ1) is 14.1. The first-order valence-electron chi connectivity index (χ1n) is 6.20. The molecule has 19 heavy (non-hydrogen) atoms. The lowest BCUT2D eigenvalue weighted by Gasteiger charge is -2.36. The summed E-state index contributed by atoms with van der Waals surface area (Å²) < 4.78 is 26.3. The van der Waals surface area contributed by atoms with Crippen molar-refractivity contribution in [1.29, 1.82) is 0 Å². The Bertz CT molecular complexity index is 442. The Labute approximate surface area is 116 Å². The van der Waals surface area contributed by atoms with Gasteiger partial charge >= 0.3 is 0 Å². The highest BCUT2D eigenvalue weighted by Crippen LogP contribution is 2.19. The first-order valence-corrected chi connectivity index (χ1v) is 6.83. The molecular weight excluding hydrogens is 270 g/mol. The Morgan fingerprint density at radius 3 is 2.21 bits per heavy atom. The van der Waals surface area contributed by atoms with Crippen molar-refractivity contribution in [2.75, 3.05) is 36.8 Å². The molecule has 1 amide bonds. The molecule has 0 atom stereocenters. The Kier molecular flexibility index (Phi) is 4.63. The monoisotopic (exact) mass is 286 g/mol. The smallest absolute Gasteiger partial charge is 0.223 e. The molecule has 1 aliphatic rings. The third kappa shape index (κ3) is 3.59. The number of hydrogen-bond acceptors (Lipinski definition) is 3. The summed E-state index contributed by atoms with van der Waals surface area (Å²) >= 11 is 4.04. The van der Waals surface area contributed by atoms with Crippen molar-refractivity contribution in [1.82, 2.24) is 4.90 Å². The molecule has 1 aromatic carbocycles. The molecule has 1 aromatic rings. The quantitative estimate of drug-likeness (QED) is 0.858. The summed E-state index contributed by atoms with van der Waals surface area (Å²) in [5.74, 6) is -0.541. The van der Waals surface area contributed by atoms with Gasteiger partial charge in [0, 0.05) is 44.4 Å². The highest BCUT2D eigenvalue weighted by Gasteiger charge is 2.21. The zero-order chi connectivity index (χ0) is 13.8. The van der Waals surface area contributed by atoms with E-state index in [2.05, 4.69) is 12.6 Å². The molecule has 0 aliphatic carbocycles. The van der Waals surface area contributed by atoms with Crippen LogP contribution in [0, 0.1) is 11.6 Å². The highest BCUT2D eigenvalue weighted by atomic mass is 32.1. The van der Waals surface area contributed by atoms with Gasteiger partial charge in [-0.3, -0.25) is 4.79 Å². The van der Waals surface area contributed by atoms with Crippen LogP contribution in [-0.2, 0) is 4.79 Å². The van der Waals surface area contributed by atoms with Crippen LogP contribution in [-0.4, -0.2) is 42.7 Å². The average molecular weight is 286 g/mol. The highest BCUT2D eigenvalue weighted by molar-refractivity contribution is 7.80. The number of piperazine rings is 1. The van der Waals surface area contributed by atoms with Crippen molar-refractivity contribution in [2.45, 2.75) is 6.42 Å². The van der Waals surface area contributed by atoms with Crippen molar-refractivity contribution >= 4 is 24.2 Å². The van der Waals surface area contributed by atoms with Gasteiger partial charge in [0.2, 0.25) is 5.91 Å². The molecule has 0 saturated carbocycles. The minimum Gasteiger partial charge on any atom is -0.368 e. The van der Waals surface area contributed by atoms with E-state index in [0.717, 1.165) is 6.07 Å². The minimum absolute atomic E-state index is 0.0834. The number of thiol groups is 1. The van der Waals surface area contributed by atoms with Crippen molar-refractivity contribution < 1.29 is 13.6 Å². The molecular formula is C13H16F2N2OS. The van der Waals surface area contributed by atoms with Crippen LogP contribution in [0.25, 0.3) is 0 Å². The molecule has 0 bridgehead atoms. The number of carbonyl (C=O) groups is 1. The lowest BCUT2D eigenvalue weighted by Crippen LogP contribution is -2.48. The van der Waals surface area contributed by atoms with Gasteiger partial charge in [-0.2, -0.15) is 12.6 Å². The molecule has 1 fully saturated rings. The summed E-state index contributed by atoms with van der Waals surface area (Å²) in [7, 11) is 0. The Hall–Kier alpha value is -1.30. The number of carbonyl (C=O) groups excluding carboxylic acids is 1. The fraction of sp³-hybridized carbons (Fsp3) is 0.462. The lowest BCUT2D eigenvalue weighted by molar-refractivity contribution is -0.131. The standard InChI is InChI=1S/C13H16F2N2OS/c14-10-7-11(15)9-12(8-10)16-2-4-17(5-3-16)13(18)1-6-19/h7-9,19H,1-6H2. The molecule has 2 rings (SSSR count). The average Bonchev–Trinajstić information content (AvgIpc) is 2.38. The van der Waals surface area contributed by atoms with Gasteiger partial charge < -0.3 is 9.80 Å². The van der Waals surface area contributed by atoms with Gasteiger partial charge in [-0.25, -0.2) is 8.78 Å². The third-order valence-electron chi connectivity index (χ3n) is 3.17. The predicted molar refractivity (Wildman–Crippen MR) is 73.6 cm³/mol. The van der Waals surface area contributed by atoms with E-state index in [9.17, 15) is 13.6 Å². The number of halogens is 2. The van der Waals surface area contributed by atoms with Gasteiger partial charge in [-0.15, -0.1) is 0 Å². The SMILES string of the molecule is O=C(CCS)N1CCN(c2cc(F)cc(F)c2)CC1. The predicted octanol–water partition coefficient (Wildman–Crippen LogP) is 1.93. The van der Waals surface area contributed by atoms with Crippen LogP contribution in [0.15, 0.2) is 18.2 Å². The van der Waals surface area contributed by atoms with Crippen LogP contribution in [0.4, 0.5) is 14.5 Å². The van der Waals surface area contributed by atoms with Crippen molar-refractivity contribution in [3.63, 3.8) is 0 Å². The molecule has 3 nitrogen and oxygen atoms in total. The van der Waals surface area contributed by atoms with Gasteiger partial charge in [0.25, 0.3) is 0 Å². The second-order valence-corrected chi connectivity index (χ2v) is 4.92. The van der Waals surface area contributed by atoms with E-state index < -0.39 is 11.6 Å². The fourth-order valence-electron chi connectivity index (χ4n) is 2.19. The summed E-state index contributed by atoms with van der Waals surface area (Å²) in [6.07, 6.45) is 0.428. The molecule has 0 N–H and O–H groups in total. The van der Waals surface area contributed by atoms with Crippen LogP contribution in [0.5, 0.6) is 0 Å². The third-order valence-corrected chi connectivity index (χ3v) is 3.39. The number of anilines is 1. The van der Waals surface area contributed by atoms with Crippen molar-refractivity contribution in [3.05, 3.63) is 29.8 Å². The largest absolute Gasteiger partial charge is 0.368 e. The van der Waals surface area contributed by atoms with Gasteiger partial charge in [0.05, 0.1) is 0 Å². The molecule has 0 spiro atoms. The van der Waals surface area contributed by atoms with Gasteiger partial charge in [-0.05, 0) is 17.9 Å². The van der Waals surface area contributed by atoms with Crippen LogP contribution >= 0.6 is 12.6 Å². The number of amides is 1. The van der Waals surface area contributed by atoms with Crippen LogP contribution < -0.4 is 4.90 Å². The summed E-state index contributed by atoms with van der Waals surface area (Å²) in [6.45, 7) is 2.32. The Balaban J connectivity index is 1.97. The molecule has 1 heterocycles. The maximum Gasteiger partial charge on any atom is 0.223 e. The second kappa shape index (κ2) is 6.23. The number of hydrogen-bond donors (Lipinski definition) is 1. The molecule has 0 aromatic heterocycles. The zero-order valence-corrected chi connectivity index (χ0v) is 11.4. The molecule has 104 valence electrons. The number of nitrogens with zero attached hydrogens (tertiary/aromatic N) is 2. The summed E-state index contributed by atoms with van der Waals surface area (Å²) in [5.41, 5.74) is 0.527. The van der Waals surface area contributed by atoms with Crippen LogP contribution in [0.3, 0.4) is 0 Å². The number of benzene rings is 1. The van der Waals surface area contributed by atoms with E-state index >= 15 is 0 Å². The zero-order valence-electron chi connectivity index (χ0n) is 10.5. The molecule has 1 aliphatic heterocycles. The van der Waals surface area contributed by atoms with Gasteiger partial charge in [0.1, 0.15) is 11.6 Å². The summed E-state index contributed by atoms with van der Waals surface area (Å²) in [6, 6.07) is 3.48. The van der Waals surface area contributed by atoms with E-state index in [1.165, 1.54) is 12.1 Å². The molecule has 1 saturated heterocycles. The van der Waals surface area contributed by atoms with E-state index in [1.54, 1.807) is 4.90 Å². The topological polar surface area (TPSA) is 23.6 Å². The lowest BCUT2D eigenvalue weighted by atomic mass is 10.2. The first-order chi connectivity index (χ1) is 9.10. The Morgan fingerprint density at radius 2 is 1.68 bits per heavy atom. The Morgan fingerprint density at radius 1 is 1.11 bits per heavy atom. The van der Waals surface area contributed by atoms with Gasteiger partial charge in [-0.1, -0.05) is 0 Å². The molecule has 0 radical (unpaired) electrons. The van der Waals surface area contributed by atoms with Crippen LogP contribution in [0.1, 0.15) is 6.42 Å². The van der Waals surface area contributed by atoms with E-state index in [4.69, 9.17) is 0 Å². The van der Waals surface area contributed by atoms with E-state index in [0.29, 0.717) is 44.0 Å². The van der Waals surface area contributed by atoms with Crippen molar-refractivity contribution in [3.8, 4) is 0 Å². The summed E-state index contributed by atoms with van der Waals surface area (Å²) in [4.78, 5) is 15.3. The second-order valence-electron chi connectivity index (χ2n) is 4.47. The van der Waals surface area contributed by atoms with E-state index in [-0.39, 0.29) is 5.91 Å².